The van der Waals surface area contributed by atoms with Gasteiger partial charge in [0.25, 0.3) is 0 Å². The summed E-state index contributed by atoms with van der Waals surface area (Å²) in [6, 6.07) is 7.67. The van der Waals surface area contributed by atoms with Crippen LogP contribution in [-0.2, 0) is 6.54 Å². The van der Waals surface area contributed by atoms with Crippen molar-refractivity contribution in [1.82, 2.24) is 9.97 Å². The van der Waals surface area contributed by atoms with Gasteiger partial charge in [0.15, 0.2) is 0 Å². The summed E-state index contributed by atoms with van der Waals surface area (Å²) in [4.78, 5) is 8.33. The summed E-state index contributed by atoms with van der Waals surface area (Å²) in [6.07, 6.45) is 3.54. The highest BCUT2D eigenvalue weighted by Gasteiger charge is 2.05. The molecule has 0 amide bonds. The van der Waals surface area contributed by atoms with Crippen molar-refractivity contribution >= 4 is 17.6 Å². The molecule has 5 nitrogen and oxygen atoms in total. The number of nitrogens with one attached hydrogen (secondary N) is 1. The average molecular weight is 291 g/mol. The van der Waals surface area contributed by atoms with E-state index >= 15 is 0 Å². The topological polar surface area (TPSA) is 56.3 Å². The fourth-order valence-electron chi connectivity index (χ4n) is 1.73. The molecule has 0 aliphatic carbocycles. The van der Waals surface area contributed by atoms with E-state index < -0.39 is 0 Å². The molecule has 1 N–H and O–H groups in total. The third-order valence-electron chi connectivity index (χ3n) is 2.81. The summed E-state index contributed by atoms with van der Waals surface area (Å²) in [7, 11) is 3.28. The van der Waals surface area contributed by atoms with E-state index in [9.17, 15) is 0 Å². The van der Waals surface area contributed by atoms with Crippen molar-refractivity contribution in [3.63, 3.8) is 0 Å². The SMILES string of the molecule is COc1ccc(CNc2cc(SC)ncn2)c(OC)c1. The van der Waals surface area contributed by atoms with Gasteiger partial charge in [-0.15, -0.1) is 11.8 Å². The predicted octanol–water partition coefficient (Wildman–Crippen LogP) is 2.83. The second-order valence-electron chi connectivity index (χ2n) is 3.98. The number of hydrogen-bond acceptors (Lipinski definition) is 6. The lowest BCUT2D eigenvalue weighted by Gasteiger charge is -2.11. The first-order chi connectivity index (χ1) is 9.76. The van der Waals surface area contributed by atoms with Crippen molar-refractivity contribution in [2.24, 2.45) is 0 Å². The lowest BCUT2D eigenvalue weighted by molar-refractivity contribution is 0.391. The molecule has 0 saturated carbocycles. The fraction of sp³-hybridized carbons (Fsp3) is 0.286. The standard InChI is InChI=1S/C14H17N3O2S/c1-18-11-5-4-10(12(6-11)19-2)8-15-13-7-14(20-3)17-9-16-13/h4-7,9H,8H2,1-3H3,(H,15,16,17). The maximum Gasteiger partial charge on any atom is 0.130 e. The van der Waals surface area contributed by atoms with Crippen molar-refractivity contribution in [3.8, 4) is 11.5 Å². The van der Waals surface area contributed by atoms with E-state index in [0.29, 0.717) is 6.54 Å². The molecule has 0 saturated heterocycles. The van der Waals surface area contributed by atoms with Crippen LogP contribution in [-0.4, -0.2) is 30.4 Å². The molecule has 0 atom stereocenters. The van der Waals surface area contributed by atoms with Gasteiger partial charge in [0.05, 0.1) is 14.2 Å². The number of hydrogen-bond donors (Lipinski definition) is 1. The number of ether oxygens (including phenoxy) is 2. The molecule has 6 heteroatoms. The van der Waals surface area contributed by atoms with E-state index in [4.69, 9.17) is 9.47 Å². The minimum Gasteiger partial charge on any atom is -0.497 e. The Kier molecular flexibility index (Phi) is 5.06. The molecule has 2 aromatic rings. The van der Waals surface area contributed by atoms with E-state index in [1.54, 1.807) is 32.3 Å². The van der Waals surface area contributed by atoms with E-state index in [1.807, 2.05) is 30.5 Å². The molecule has 0 aliphatic heterocycles. The van der Waals surface area contributed by atoms with Gasteiger partial charge in [0, 0.05) is 24.2 Å². The lowest BCUT2D eigenvalue weighted by atomic mass is 10.2. The monoisotopic (exact) mass is 291 g/mol. The third kappa shape index (κ3) is 3.54. The van der Waals surface area contributed by atoms with Crippen LogP contribution in [0.25, 0.3) is 0 Å². The van der Waals surface area contributed by atoms with Gasteiger partial charge in [-0.3, -0.25) is 0 Å². The maximum absolute atomic E-state index is 5.36. The van der Waals surface area contributed by atoms with Gasteiger partial charge in [0.2, 0.25) is 0 Å². The van der Waals surface area contributed by atoms with Crippen molar-refractivity contribution in [1.29, 1.82) is 0 Å². The molecule has 1 aromatic heterocycles. The second-order valence-corrected chi connectivity index (χ2v) is 4.80. The Morgan fingerprint density at radius 1 is 1.15 bits per heavy atom. The van der Waals surface area contributed by atoms with Crippen molar-refractivity contribution in [2.75, 3.05) is 25.8 Å². The van der Waals surface area contributed by atoms with Gasteiger partial charge in [0.1, 0.15) is 28.7 Å². The zero-order valence-electron chi connectivity index (χ0n) is 11.7. The van der Waals surface area contributed by atoms with Crippen LogP contribution >= 0.6 is 11.8 Å². The molecule has 2 rings (SSSR count). The van der Waals surface area contributed by atoms with Gasteiger partial charge in [-0.1, -0.05) is 0 Å². The smallest absolute Gasteiger partial charge is 0.130 e. The van der Waals surface area contributed by atoms with Crippen molar-refractivity contribution < 1.29 is 9.47 Å². The Hall–Kier alpha value is -1.95. The number of thioether (sulfide) groups is 1. The number of benzene rings is 1. The van der Waals surface area contributed by atoms with Gasteiger partial charge in [-0.05, 0) is 18.4 Å². The van der Waals surface area contributed by atoms with Gasteiger partial charge in [-0.2, -0.15) is 0 Å². The zero-order valence-corrected chi connectivity index (χ0v) is 12.5. The Balaban J connectivity index is 2.10. The Labute approximate surface area is 122 Å². The summed E-state index contributed by atoms with van der Waals surface area (Å²) < 4.78 is 10.5. The second kappa shape index (κ2) is 7.00. The number of rotatable bonds is 6. The minimum atomic E-state index is 0.623. The number of methoxy groups -OCH3 is 2. The summed E-state index contributed by atoms with van der Waals surface area (Å²) >= 11 is 1.58. The first-order valence-electron chi connectivity index (χ1n) is 6.07. The first-order valence-corrected chi connectivity index (χ1v) is 7.30. The summed E-state index contributed by atoms with van der Waals surface area (Å²) in [6.45, 7) is 0.623. The number of aromatic nitrogens is 2. The molecule has 0 bridgehead atoms. The van der Waals surface area contributed by atoms with Crippen LogP contribution in [0.4, 0.5) is 5.82 Å². The summed E-state index contributed by atoms with van der Waals surface area (Å²) in [5.41, 5.74) is 1.04. The Bertz CT molecular complexity index is 578. The average Bonchev–Trinajstić information content (AvgIpc) is 2.52. The molecule has 1 heterocycles. The van der Waals surface area contributed by atoms with Crippen LogP contribution in [0.2, 0.25) is 0 Å². The lowest BCUT2D eigenvalue weighted by Crippen LogP contribution is -2.04. The molecule has 1 aromatic carbocycles. The zero-order chi connectivity index (χ0) is 14.4. The maximum atomic E-state index is 5.36. The first kappa shape index (κ1) is 14.5. The van der Waals surface area contributed by atoms with E-state index in [2.05, 4.69) is 15.3 Å². The molecule has 20 heavy (non-hydrogen) atoms. The Morgan fingerprint density at radius 2 is 2.00 bits per heavy atom. The highest BCUT2D eigenvalue weighted by molar-refractivity contribution is 7.98. The third-order valence-corrected chi connectivity index (χ3v) is 3.45. The normalized spacial score (nSPS) is 10.2. The molecule has 0 fully saturated rings. The molecular weight excluding hydrogens is 274 g/mol. The predicted molar refractivity (Wildman–Crippen MR) is 80.7 cm³/mol. The quantitative estimate of drug-likeness (QED) is 0.652. The minimum absolute atomic E-state index is 0.623. The van der Waals surface area contributed by atoms with Crippen LogP contribution in [0.1, 0.15) is 5.56 Å². The number of anilines is 1. The largest absolute Gasteiger partial charge is 0.497 e. The van der Waals surface area contributed by atoms with Crippen molar-refractivity contribution in [2.45, 2.75) is 11.6 Å². The van der Waals surface area contributed by atoms with Gasteiger partial charge < -0.3 is 14.8 Å². The molecule has 0 unspecified atom stereocenters. The fourth-order valence-corrected chi connectivity index (χ4v) is 2.11. The van der Waals surface area contributed by atoms with Crippen LogP contribution < -0.4 is 14.8 Å². The van der Waals surface area contributed by atoms with Gasteiger partial charge >= 0.3 is 0 Å². The molecule has 0 radical (unpaired) electrons. The number of nitrogens with zero attached hydrogens (tertiary/aromatic N) is 2. The summed E-state index contributed by atoms with van der Waals surface area (Å²) in [5, 5.41) is 4.20. The van der Waals surface area contributed by atoms with Crippen LogP contribution in [0.3, 0.4) is 0 Å². The van der Waals surface area contributed by atoms with Crippen LogP contribution in [0, 0.1) is 0 Å². The highest BCUT2D eigenvalue weighted by atomic mass is 32.2. The molecule has 0 aliphatic rings. The Morgan fingerprint density at radius 3 is 2.70 bits per heavy atom. The molecule has 106 valence electrons. The van der Waals surface area contributed by atoms with E-state index in [-0.39, 0.29) is 0 Å². The van der Waals surface area contributed by atoms with E-state index in [0.717, 1.165) is 27.9 Å². The van der Waals surface area contributed by atoms with Crippen LogP contribution in [0.5, 0.6) is 11.5 Å². The van der Waals surface area contributed by atoms with Crippen molar-refractivity contribution in [3.05, 3.63) is 36.2 Å². The molecular formula is C14H17N3O2S. The van der Waals surface area contributed by atoms with E-state index in [1.165, 1.54) is 0 Å². The summed E-state index contributed by atoms with van der Waals surface area (Å²) in [5.74, 6) is 2.36. The van der Waals surface area contributed by atoms with Gasteiger partial charge in [-0.25, -0.2) is 9.97 Å². The van der Waals surface area contributed by atoms with Crippen LogP contribution in [0.15, 0.2) is 35.6 Å². The molecule has 0 spiro atoms. The highest BCUT2D eigenvalue weighted by Crippen LogP contribution is 2.25.